The summed E-state index contributed by atoms with van der Waals surface area (Å²) in [6.45, 7) is 0. The number of nitrogens with two attached hydrogens (primary N) is 1. The first kappa shape index (κ1) is 16.6. The summed E-state index contributed by atoms with van der Waals surface area (Å²) in [7, 11) is 0. The number of hydrogen-bond donors (Lipinski definition) is 1. The van der Waals surface area contributed by atoms with Crippen molar-refractivity contribution < 1.29 is 4.79 Å². The van der Waals surface area contributed by atoms with Crippen molar-refractivity contribution in [2.45, 2.75) is 10.1 Å². The summed E-state index contributed by atoms with van der Waals surface area (Å²) >= 11 is 7.34. The van der Waals surface area contributed by atoms with Crippen LogP contribution in [-0.2, 0) is 4.79 Å². The Bertz CT molecular complexity index is 834. The number of hydrogen-bond acceptors (Lipinski definition) is 2. The minimum absolute atomic E-state index is 0.361. The van der Waals surface area contributed by atoms with Gasteiger partial charge >= 0.3 is 0 Å². The van der Waals surface area contributed by atoms with Gasteiger partial charge in [-0.1, -0.05) is 60.1 Å². The van der Waals surface area contributed by atoms with Crippen LogP contribution < -0.4 is 5.73 Å². The molecule has 0 aliphatic carbocycles. The molecule has 0 heterocycles. The lowest BCUT2D eigenvalue weighted by Crippen LogP contribution is -2.18. The van der Waals surface area contributed by atoms with Crippen LogP contribution >= 0.6 is 23.4 Å². The Labute approximate surface area is 150 Å². The van der Waals surface area contributed by atoms with Crippen LogP contribution in [0, 0.1) is 0 Å². The van der Waals surface area contributed by atoms with E-state index < -0.39 is 5.25 Å². The monoisotopic (exact) mass is 353 g/mol. The van der Waals surface area contributed by atoms with Gasteiger partial charge in [-0.3, -0.25) is 4.79 Å². The molecule has 0 saturated carbocycles. The minimum atomic E-state index is -0.449. The first-order chi connectivity index (χ1) is 11.6. The van der Waals surface area contributed by atoms with Crippen LogP contribution in [0.25, 0.3) is 11.1 Å². The summed E-state index contributed by atoms with van der Waals surface area (Å²) < 4.78 is 0. The number of carbonyl (C=O) groups is 1. The van der Waals surface area contributed by atoms with Crippen LogP contribution in [0.5, 0.6) is 0 Å². The maximum atomic E-state index is 12.0. The van der Waals surface area contributed by atoms with E-state index in [-0.39, 0.29) is 5.91 Å². The van der Waals surface area contributed by atoms with Crippen molar-refractivity contribution in [1.82, 2.24) is 0 Å². The van der Waals surface area contributed by atoms with Gasteiger partial charge in [0.2, 0.25) is 5.91 Å². The van der Waals surface area contributed by atoms with Crippen LogP contribution in [0.2, 0.25) is 5.02 Å². The van der Waals surface area contributed by atoms with Crippen LogP contribution in [0.3, 0.4) is 0 Å². The molecular formula is C20H16ClNOS. The van der Waals surface area contributed by atoms with E-state index in [2.05, 4.69) is 0 Å². The number of carbonyl (C=O) groups excluding carboxylic acids is 1. The molecule has 2 nitrogen and oxygen atoms in total. The Balaban J connectivity index is 1.91. The molecule has 0 bridgehead atoms. The summed E-state index contributed by atoms with van der Waals surface area (Å²) in [5.41, 5.74) is 8.72. The molecule has 120 valence electrons. The number of amides is 1. The molecule has 0 aromatic heterocycles. The Hall–Kier alpha value is -2.23. The molecule has 1 atom stereocenters. The largest absolute Gasteiger partial charge is 0.368 e. The summed E-state index contributed by atoms with van der Waals surface area (Å²) in [6, 6.07) is 25.4. The lowest BCUT2D eigenvalue weighted by atomic mass is 10.0. The normalized spacial score (nSPS) is 11.9. The quantitative estimate of drug-likeness (QED) is 0.630. The van der Waals surface area contributed by atoms with Crippen LogP contribution in [-0.4, -0.2) is 5.91 Å². The lowest BCUT2D eigenvalue weighted by molar-refractivity contribution is -0.117. The maximum Gasteiger partial charge on any atom is 0.235 e. The fraction of sp³-hybridized carbons (Fsp3) is 0.0500. The predicted molar refractivity (Wildman–Crippen MR) is 101 cm³/mol. The summed E-state index contributed by atoms with van der Waals surface area (Å²) in [5, 5.41) is 0.218. The van der Waals surface area contributed by atoms with E-state index in [0.717, 1.165) is 21.6 Å². The lowest BCUT2D eigenvalue weighted by Gasteiger charge is -2.15. The van der Waals surface area contributed by atoms with Crippen LogP contribution in [0.15, 0.2) is 83.8 Å². The average molecular weight is 354 g/mol. The number of thioether (sulfide) groups is 1. The molecule has 3 aromatic carbocycles. The summed E-state index contributed by atoms with van der Waals surface area (Å²) in [5.74, 6) is -0.361. The highest BCUT2D eigenvalue weighted by atomic mass is 35.5. The molecule has 0 saturated heterocycles. The van der Waals surface area contributed by atoms with E-state index in [1.807, 2.05) is 78.9 Å². The topological polar surface area (TPSA) is 43.1 Å². The van der Waals surface area contributed by atoms with Crippen molar-refractivity contribution in [2.24, 2.45) is 5.73 Å². The molecule has 0 spiro atoms. The Kier molecular flexibility index (Phi) is 5.24. The van der Waals surface area contributed by atoms with Crippen molar-refractivity contribution in [3.05, 3.63) is 89.4 Å². The molecule has 0 radical (unpaired) electrons. The first-order valence-corrected chi connectivity index (χ1v) is 8.76. The second-order valence-corrected chi connectivity index (χ2v) is 6.96. The SMILES string of the molecule is NC(=O)C(Sc1ccc(Cl)cc1)c1cccc(-c2ccccc2)c1. The van der Waals surface area contributed by atoms with Gasteiger partial charge in [0.1, 0.15) is 5.25 Å². The van der Waals surface area contributed by atoms with Gasteiger partial charge in [-0.05, 0) is 47.0 Å². The molecule has 1 amide bonds. The van der Waals surface area contributed by atoms with Gasteiger partial charge in [0.25, 0.3) is 0 Å². The van der Waals surface area contributed by atoms with E-state index >= 15 is 0 Å². The molecule has 0 aliphatic rings. The van der Waals surface area contributed by atoms with Gasteiger partial charge in [-0.2, -0.15) is 0 Å². The highest BCUT2D eigenvalue weighted by Crippen LogP contribution is 2.36. The maximum absolute atomic E-state index is 12.0. The van der Waals surface area contributed by atoms with Crippen LogP contribution in [0.4, 0.5) is 0 Å². The Morgan fingerprint density at radius 1 is 0.875 bits per heavy atom. The molecule has 0 aliphatic heterocycles. The van der Waals surface area contributed by atoms with Gasteiger partial charge in [0, 0.05) is 9.92 Å². The van der Waals surface area contributed by atoms with Gasteiger partial charge < -0.3 is 5.73 Å². The molecule has 4 heteroatoms. The number of halogens is 1. The minimum Gasteiger partial charge on any atom is -0.368 e. The zero-order chi connectivity index (χ0) is 16.9. The van der Waals surface area contributed by atoms with Gasteiger partial charge in [0.05, 0.1) is 0 Å². The van der Waals surface area contributed by atoms with Crippen molar-refractivity contribution in [2.75, 3.05) is 0 Å². The van der Waals surface area contributed by atoms with E-state index in [1.165, 1.54) is 11.8 Å². The molecule has 1 unspecified atom stereocenters. The van der Waals surface area contributed by atoms with Crippen molar-refractivity contribution in [1.29, 1.82) is 0 Å². The Morgan fingerprint density at radius 2 is 1.54 bits per heavy atom. The molecule has 3 rings (SSSR count). The molecular weight excluding hydrogens is 338 g/mol. The number of primary amides is 1. The molecule has 3 aromatic rings. The third-order valence-electron chi connectivity index (χ3n) is 3.62. The van der Waals surface area contributed by atoms with Gasteiger partial charge in [0.15, 0.2) is 0 Å². The third-order valence-corrected chi connectivity index (χ3v) is 5.16. The molecule has 24 heavy (non-hydrogen) atoms. The highest BCUT2D eigenvalue weighted by molar-refractivity contribution is 8.00. The summed E-state index contributed by atoms with van der Waals surface area (Å²) in [4.78, 5) is 12.9. The fourth-order valence-corrected chi connectivity index (χ4v) is 3.54. The zero-order valence-electron chi connectivity index (χ0n) is 12.9. The number of rotatable bonds is 5. The smallest absolute Gasteiger partial charge is 0.235 e. The van der Waals surface area contributed by atoms with Crippen molar-refractivity contribution in [3.63, 3.8) is 0 Å². The highest BCUT2D eigenvalue weighted by Gasteiger charge is 2.19. The molecule has 2 N–H and O–H groups in total. The Morgan fingerprint density at radius 3 is 2.21 bits per heavy atom. The van der Waals surface area contributed by atoms with E-state index in [9.17, 15) is 4.79 Å². The predicted octanol–water partition coefficient (Wildman–Crippen LogP) is 5.33. The van der Waals surface area contributed by atoms with E-state index in [1.54, 1.807) is 0 Å². The van der Waals surface area contributed by atoms with Gasteiger partial charge in [-0.15, -0.1) is 11.8 Å². The van der Waals surface area contributed by atoms with E-state index in [4.69, 9.17) is 17.3 Å². The van der Waals surface area contributed by atoms with Gasteiger partial charge in [-0.25, -0.2) is 0 Å². The second-order valence-electron chi connectivity index (χ2n) is 5.35. The van der Waals surface area contributed by atoms with Crippen molar-refractivity contribution >= 4 is 29.3 Å². The van der Waals surface area contributed by atoms with Crippen molar-refractivity contribution in [3.8, 4) is 11.1 Å². The number of benzene rings is 3. The molecule has 0 fully saturated rings. The zero-order valence-corrected chi connectivity index (χ0v) is 14.4. The standard InChI is InChI=1S/C20H16ClNOS/c21-17-9-11-18(12-10-17)24-19(20(22)23)16-8-4-7-15(13-16)14-5-2-1-3-6-14/h1-13,19H,(H2,22,23). The third kappa shape index (κ3) is 3.99. The fourth-order valence-electron chi connectivity index (χ4n) is 2.45. The summed E-state index contributed by atoms with van der Waals surface area (Å²) in [6.07, 6.45) is 0. The van der Waals surface area contributed by atoms with E-state index in [0.29, 0.717) is 5.02 Å². The van der Waals surface area contributed by atoms with Crippen LogP contribution in [0.1, 0.15) is 10.8 Å². The first-order valence-electron chi connectivity index (χ1n) is 7.50. The second kappa shape index (κ2) is 7.56. The average Bonchev–Trinajstić information content (AvgIpc) is 2.62.